The Bertz CT molecular complexity index is 523. The average molecular weight is 279 g/mol. The summed E-state index contributed by atoms with van der Waals surface area (Å²) in [6, 6.07) is 5.54. The number of halogens is 1. The molecule has 0 amide bonds. The van der Waals surface area contributed by atoms with E-state index < -0.39 is 0 Å². The predicted octanol–water partition coefficient (Wildman–Crippen LogP) is 2.68. The van der Waals surface area contributed by atoms with Crippen molar-refractivity contribution in [2.24, 2.45) is 5.92 Å². The molecule has 1 fully saturated rings. The van der Waals surface area contributed by atoms with Crippen molar-refractivity contribution in [3.05, 3.63) is 22.7 Å². The van der Waals surface area contributed by atoms with Crippen LogP contribution in [0.15, 0.2) is 12.1 Å². The van der Waals surface area contributed by atoms with Gasteiger partial charge in [0.1, 0.15) is 19.3 Å². The number of nitriles is 1. The van der Waals surface area contributed by atoms with E-state index in [-0.39, 0.29) is 6.04 Å². The van der Waals surface area contributed by atoms with Crippen LogP contribution in [0.25, 0.3) is 0 Å². The van der Waals surface area contributed by atoms with Gasteiger partial charge in [-0.05, 0) is 43.0 Å². The van der Waals surface area contributed by atoms with E-state index >= 15 is 0 Å². The largest absolute Gasteiger partial charge is 0.486 e. The molecule has 0 aromatic heterocycles. The summed E-state index contributed by atoms with van der Waals surface area (Å²) in [5, 5.41) is 13.0. The molecule has 1 heterocycles. The lowest BCUT2D eigenvalue weighted by Gasteiger charge is -2.21. The van der Waals surface area contributed by atoms with E-state index in [4.69, 9.17) is 21.1 Å². The van der Waals surface area contributed by atoms with Crippen LogP contribution < -0.4 is 14.8 Å². The minimum absolute atomic E-state index is 0.353. The van der Waals surface area contributed by atoms with Crippen molar-refractivity contribution in [1.29, 1.82) is 5.26 Å². The Labute approximate surface area is 117 Å². The summed E-state index contributed by atoms with van der Waals surface area (Å²) in [5.41, 5.74) is 0.831. The monoisotopic (exact) mass is 278 g/mol. The number of nitrogens with one attached hydrogen (secondary N) is 1. The third kappa shape index (κ3) is 2.78. The van der Waals surface area contributed by atoms with Crippen LogP contribution >= 0.6 is 11.6 Å². The first kappa shape index (κ1) is 12.6. The molecule has 0 spiro atoms. The number of hydrogen-bond donors (Lipinski definition) is 1. The molecule has 0 saturated heterocycles. The Kier molecular flexibility index (Phi) is 3.50. The molecule has 5 heteroatoms. The Hall–Kier alpha value is -1.44. The molecule has 1 atom stereocenters. The zero-order valence-corrected chi connectivity index (χ0v) is 11.2. The summed E-state index contributed by atoms with van der Waals surface area (Å²) < 4.78 is 11.0. The summed E-state index contributed by atoms with van der Waals surface area (Å²) in [6.45, 7) is 1.90. The van der Waals surface area contributed by atoms with Crippen LogP contribution in [-0.4, -0.2) is 19.8 Å². The maximum Gasteiger partial charge on any atom is 0.179 e. The van der Waals surface area contributed by atoms with Crippen molar-refractivity contribution in [2.75, 3.05) is 19.8 Å². The van der Waals surface area contributed by atoms with Crippen LogP contribution in [0.3, 0.4) is 0 Å². The third-order valence-corrected chi connectivity index (χ3v) is 3.67. The van der Waals surface area contributed by atoms with Crippen LogP contribution in [-0.2, 0) is 0 Å². The SMILES string of the molecule is N#CC(NCC1CC1)c1cc(Cl)c2c(c1)OCCO2. The molecule has 1 aliphatic heterocycles. The first-order valence-electron chi connectivity index (χ1n) is 6.50. The van der Waals surface area contributed by atoms with Gasteiger partial charge in [-0.1, -0.05) is 11.6 Å². The number of nitrogens with zero attached hydrogens (tertiary/aromatic N) is 1. The van der Waals surface area contributed by atoms with Gasteiger partial charge in [0.05, 0.1) is 11.1 Å². The maximum absolute atomic E-state index is 9.28. The van der Waals surface area contributed by atoms with Crippen molar-refractivity contribution in [3.63, 3.8) is 0 Å². The van der Waals surface area contributed by atoms with Gasteiger partial charge in [-0.15, -0.1) is 0 Å². The molecule has 3 rings (SSSR count). The maximum atomic E-state index is 9.28. The van der Waals surface area contributed by atoms with E-state index in [1.165, 1.54) is 12.8 Å². The van der Waals surface area contributed by atoms with E-state index in [9.17, 15) is 5.26 Å². The first-order chi connectivity index (χ1) is 9.28. The van der Waals surface area contributed by atoms with Crippen molar-refractivity contribution >= 4 is 11.6 Å². The molecule has 19 heavy (non-hydrogen) atoms. The van der Waals surface area contributed by atoms with Gasteiger partial charge in [-0.25, -0.2) is 0 Å². The van der Waals surface area contributed by atoms with Crippen LogP contribution in [0.5, 0.6) is 11.5 Å². The summed E-state index contributed by atoms with van der Waals surface area (Å²) in [7, 11) is 0. The smallest absolute Gasteiger partial charge is 0.179 e. The van der Waals surface area contributed by atoms with Gasteiger partial charge in [-0.3, -0.25) is 5.32 Å². The molecule has 1 aromatic rings. The second kappa shape index (κ2) is 5.28. The molecular weight excluding hydrogens is 264 g/mol. The van der Waals surface area contributed by atoms with E-state index in [2.05, 4.69) is 11.4 Å². The molecule has 0 bridgehead atoms. The molecule has 2 aliphatic rings. The lowest BCUT2D eigenvalue weighted by Crippen LogP contribution is -2.23. The quantitative estimate of drug-likeness (QED) is 0.920. The zero-order valence-electron chi connectivity index (χ0n) is 10.5. The fourth-order valence-corrected chi connectivity index (χ4v) is 2.42. The van der Waals surface area contributed by atoms with Crippen LogP contribution in [0.4, 0.5) is 0 Å². The molecule has 0 radical (unpaired) electrons. The highest BCUT2D eigenvalue weighted by Gasteiger charge is 2.24. The number of rotatable bonds is 4. The predicted molar refractivity (Wildman–Crippen MR) is 71.5 cm³/mol. The normalized spacial score (nSPS) is 18.7. The topological polar surface area (TPSA) is 54.3 Å². The van der Waals surface area contributed by atoms with Crippen LogP contribution in [0, 0.1) is 17.2 Å². The summed E-state index contributed by atoms with van der Waals surface area (Å²) in [4.78, 5) is 0. The Morgan fingerprint density at radius 1 is 1.37 bits per heavy atom. The van der Waals surface area contributed by atoms with Crippen molar-refractivity contribution < 1.29 is 9.47 Å². The van der Waals surface area contributed by atoms with Gasteiger partial charge in [0.2, 0.25) is 0 Å². The molecule has 100 valence electrons. The molecule has 4 nitrogen and oxygen atoms in total. The van der Waals surface area contributed by atoms with Gasteiger partial charge in [-0.2, -0.15) is 5.26 Å². The van der Waals surface area contributed by atoms with Crippen molar-refractivity contribution in [1.82, 2.24) is 5.32 Å². The number of hydrogen-bond acceptors (Lipinski definition) is 4. The minimum Gasteiger partial charge on any atom is -0.486 e. The molecule has 1 aliphatic carbocycles. The number of benzene rings is 1. The van der Waals surface area contributed by atoms with Gasteiger partial charge < -0.3 is 9.47 Å². The molecule has 1 aromatic carbocycles. The minimum atomic E-state index is -0.353. The molecule has 1 unspecified atom stereocenters. The second-order valence-corrected chi connectivity index (χ2v) is 5.35. The van der Waals surface area contributed by atoms with E-state index in [1.807, 2.05) is 6.07 Å². The first-order valence-corrected chi connectivity index (χ1v) is 6.88. The fraction of sp³-hybridized carbons (Fsp3) is 0.500. The number of fused-ring (bicyclic) bond motifs is 1. The van der Waals surface area contributed by atoms with Crippen LogP contribution in [0.1, 0.15) is 24.4 Å². The molecular formula is C14H15ClN2O2. The zero-order chi connectivity index (χ0) is 13.2. The summed E-state index contributed by atoms with van der Waals surface area (Å²) >= 11 is 6.18. The number of ether oxygens (including phenoxy) is 2. The standard InChI is InChI=1S/C14H15ClN2O2/c15-11-5-10(6-13-14(11)19-4-3-18-13)12(7-16)17-8-9-1-2-9/h5-6,9,12,17H,1-4,8H2. The highest BCUT2D eigenvalue weighted by Crippen LogP contribution is 2.39. The van der Waals surface area contributed by atoms with Gasteiger partial charge in [0.15, 0.2) is 11.5 Å². The van der Waals surface area contributed by atoms with E-state index in [1.54, 1.807) is 6.07 Å². The molecule has 1 saturated carbocycles. The van der Waals surface area contributed by atoms with E-state index in [0.29, 0.717) is 29.7 Å². The van der Waals surface area contributed by atoms with Gasteiger partial charge >= 0.3 is 0 Å². The fourth-order valence-electron chi connectivity index (χ4n) is 2.14. The lowest BCUT2D eigenvalue weighted by molar-refractivity contribution is 0.171. The van der Waals surface area contributed by atoms with Gasteiger partial charge in [0, 0.05) is 0 Å². The lowest BCUT2D eigenvalue weighted by atomic mass is 10.1. The highest BCUT2D eigenvalue weighted by atomic mass is 35.5. The van der Waals surface area contributed by atoms with Crippen molar-refractivity contribution in [3.8, 4) is 17.6 Å². The molecule has 1 N–H and O–H groups in total. The van der Waals surface area contributed by atoms with Crippen LogP contribution in [0.2, 0.25) is 5.02 Å². The Balaban J connectivity index is 1.82. The summed E-state index contributed by atoms with van der Waals surface area (Å²) in [6.07, 6.45) is 2.51. The van der Waals surface area contributed by atoms with E-state index in [0.717, 1.165) is 18.0 Å². The second-order valence-electron chi connectivity index (χ2n) is 4.94. The van der Waals surface area contributed by atoms with Crippen molar-refractivity contribution in [2.45, 2.75) is 18.9 Å². The Morgan fingerprint density at radius 2 is 2.16 bits per heavy atom. The highest BCUT2D eigenvalue weighted by molar-refractivity contribution is 6.32. The van der Waals surface area contributed by atoms with Gasteiger partial charge in [0.25, 0.3) is 0 Å². The average Bonchev–Trinajstić information content (AvgIpc) is 3.24. The Morgan fingerprint density at radius 3 is 2.89 bits per heavy atom. The third-order valence-electron chi connectivity index (χ3n) is 3.39. The summed E-state index contributed by atoms with van der Waals surface area (Å²) in [5.74, 6) is 1.93.